The average molecular weight is 142 g/mol. The van der Waals surface area contributed by atoms with Crippen LogP contribution < -0.4 is 0 Å². The zero-order valence-electron chi connectivity index (χ0n) is 6.18. The predicted molar refractivity (Wildman–Crippen MR) is 39.8 cm³/mol. The molecule has 2 nitrogen and oxygen atoms in total. The zero-order chi connectivity index (χ0) is 7.40. The second kappa shape index (κ2) is 3.74. The first-order valence-electron chi connectivity index (χ1n) is 3.71. The van der Waals surface area contributed by atoms with Gasteiger partial charge in [-0.2, -0.15) is 0 Å². The van der Waals surface area contributed by atoms with Gasteiger partial charge >= 0.3 is 0 Å². The maximum atomic E-state index is 9.20. The summed E-state index contributed by atoms with van der Waals surface area (Å²) in [4.78, 5) is 0. The number of rotatable bonds is 0. The van der Waals surface area contributed by atoms with Crippen molar-refractivity contribution >= 4 is 0 Å². The second-order valence-corrected chi connectivity index (χ2v) is 2.79. The summed E-state index contributed by atoms with van der Waals surface area (Å²) >= 11 is 0. The van der Waals surface area contributed by atoms with Crippen LogP contribution in [0, 0.1) is 0 Å². The summed E-state index contributed by atoms with van der Waals surface area (Å²) < 4.78 is 5.14. The molecule has 1 heterocycles. The van der Waals surface area contributed by atoms with Crippen LogP contribution in [-0.4, -0.2) is 24.4 Å². The van der Waals surface area contributed by atoms with Gasteiger partial charge in [-0.05, 0) is 19.3 Å². The van der Waals surface area contributed by atoms with Gasteiger partial charge in [-0.15, -0.1) is 0 Å². The molecule has 10 heavy (non-hydrogen) atoms. The van der Waals surface area contributed by atoms with Crippen LogP contribution in [0.2, 0.25) is 0 Å². The third-order valence-electron chi connectivity index (χ3n) is 1.65. The maximum Gasteiger partial charge on any atom is 0.0810 e. The molecule has 1 atom stereocenters. The van der Waals surface area contributed by atoms with E-state index in [4.69, 9.17) is 4.74 Å². The highest BCUT2D eigenvalue weighted by atomic mass is 16.5. The van der Waals surface area contributed by atoms with E-state index >= 15 is 0 Å². The van der Waals surface area contributed by atoms with Gasteiger partial charge in [0.25, 0.3) is 0 Å². The van der Waals surface area contributed by atoms with E-state index in [0.717, 1.165) is 25.0 Å². The van der Waals surface area contributed by atoms with E-state index in [-0.39, 0.29) is 6.10 Å². The molecule has 0 radical (unpaired) electrons. The molecular formula is C8H14O2. The maximum absolute atomic E-state index is 9.20. The van der Waals surface area contributed by atoms with Crippen molar-refractivity contribution < 1.29 is 9.84 Å². The molecule has 1 fully saturated rings. The minimum atomic E-state index is -0.326. The molecule has 2 heteroatoms. The van der Waals surface area contributed by atoms with E-state index in [1.54, 1.807) is 0 Å². The number of hydrogen-bond acceptors (Lipinski definition) is 2. The molecule has 0 aromatic carbocycles. The Bertz CT molecular complexity index is 120. The van der Waals surface area contributed by atoms with Gasteiger partial charge in [0, 0.05) is 6.61 Å². The van der Waals surface area contributed by atoms with Crippen molar-refractivity contribution in [2.24, 2.45) is 0 Å². The molecule has 0 saturated carbocycles. The molecule has 1 N–H and O–H groups in total. The largest absolute Gasteiger partial charge is 0.390 e. The smallest absolute Gasteiger partial charge is 0.0810 e. The van der Waals surface area contributed by atoms with Crippen LogP contribution in [0.4, 0.5) is 0 Å². The zero-order valence-corrected chi connectivity index (χ0v) is 6.18. The molecule has 0 aliphatic carbocycles. The van der Waals surface area contributed by atoms with Crippen molar-refractivity contribution in [1.29, 1.82) is 0 Å². The average Bonchev–Trinajstić information content (AvgIpc) is 1.83. The Morgan fingerprint density at radius 2 is 2.40 bits per heavy atom. The normalized spacial score (nSPS) is 29.3. The molecule has 1 rings (SSSR count). The fraction of sp³-hybridized carbons (Fsp3) is 0.750. The Morgan fingerprint density at radius 3 is 3.20 bits per heavy atom. The van der Waals surface area contributed by atoms with Crippen LogP contribution in [-0.2, 0) is 4.74 Å². The van der Waals surface area contributed by atoms with Gasteiger partial charge in [0.2, 0.25) is 0 Å². The topological polar surface area (TPSA) is 29.5 Å². The molecule has 1 aliphatic rings. The monoisotopic (exact) mass is 142 g/mol. The number of hydrogen-bond donors (Lipinski definition) is 1. The predicted octanol–water partition coefficient (Wildman–Crippen LogP) is 1.10. The van der Waals surface area contributed by atoms with Crippen molar-refractivity contribution in [2.75, 3.05) is 13.2 Å². The highest BCUT2D eigenvalue weighted by Gasteiger charge is 2.09. The first-order chi connectivity index (χ1) is 4.79. The molecule has 58 valence electrons. The van der Waals surface area contributed by atoms with Gasteiger partial charge in [0.15, 0.2) is 0 Å². The molecule has 0 aromatic rings. The van der Waals surface area contributed by atoms with Gasteiger partial charge in [0.05, 0.1) is 12.7 Å². The molecular weight excluding hydrogens is 128 g/mol. The van der Waals surface area contributed by atoms with E-state index in [1.165, 1.54) is 0 Å². The van der Waals surface area contributed by atoms with Gasteiger partial charge in [0.1, 0.15) is 0 Å². The van der Waals surface area contributed by atoms with Crippen molar-refractivity contribution in [3.8, 4) is 0 Å². The van der Waals surface area contributed by atoms with Crippen LogP contribution in [0.3, 0.4) is 0 Å². The van der Waals surface area contributed by atoms with Gasteiger partial charge in [-0.1, -0.05) is 12.2 Å². The summed E-state index contributed by atoms with van der Waals surface area (Å²) in [6.45, 7) is 5.08. The third kappa shape index (κ3) is 2.50. The lowest BCUT2D eigenvalue weighted by molar-refractivity contribution is 0.0294. The molecule has 0 spiro atoms. The fourth-order valence-corrected chi connectivity index (χ4v) is 1.14. The third-order valence-corrected chi connectivity index (χ3v) is 1.65. The minimum Gasteiger partial charge on any atom is -0.390 e. The summed E-state index contributed by atoms with van der Waals surface area (Å²) in [5.74, 6) is 0. The van der Waals surface area contributed by atoms with E-state index in [2.05, 4.69) is 6.58 Å². The first-order valence-corrected chi connectivity index (χ1v) is 3.71. The van der Waals surface area contributed by atoms with E-state index in [9.17, 15) is 5.11 Å². The summed E-state index contributed by atoms with van der Waals surface area (Å²) in [7, 11) is 0. The van der Waals surface area contributed by atoms with Crippen LogP contribution >= 0.6 is 0 Å². The number of aliphatic hydroxyl groups is 1. The molecule has 0 aromatic heterocycles. The van der Waals surface area contributed by atoms with Crippen LogP contribution in [0.15, 0.2) is 12.2 Å². The second-order valence-electron chi connectivity index (χ2n) is 2.79. The van der Waals surface area contributed by atoms with Crippen LogP contribution in [0.5, 0.6) is 0 Å². The molecule has 0 unspecified atom stereocenters. The lowest BCUT2D eigenvalue weighted by Crippen LogP contribution is -2.18. The standard InChI is InChI=1S/C8H14O2/c1-7-3-2-4-10-6-8(9)5-7/h8-9H,1-6H2/t8-/m1/s1. The fourth-order valence-electron chi connectivity index (χ4n) is 1.14. The van der Waals surface area contributed by atoms with Gasteiger partial charge in [-0.3, -0.25) is 0 Å². The van der Waals surface area contributed by atoms with E-state index in [0.29, 0.717) is 13.0 Å². The Morgan fingerprint density at radius 1 is 1.60 bits per heavy atom. The Labute approximate surface area is 61.5 Å². The van der Waals surface area contributed by atoms with Crippen molar-refractivity contribution in [3.05, 3.63) is 12.2 Å². The highest BCUT2D eigenvalue weighted by molar-refractivity contribution is 4.96. The van der Waals surface area contributed by atoms with E-state index in [1.807, 2.05) is 0 Å². The lowest BCUT2D eigenvalue weighted by atomic mass is 10.0. The summed E-state index contributed by atoms with van der Waals surface area (Å²) in [5.41, 5.74) is 1.15. The highest BCUT2D eigenvalue weighted by Crippen LogP contribution is 2.13. The van der Waals surface area contributed by atoms with Crippen LogP contribution in [0.25, 0.3) is 0 Å². The summed E-state index contributed by atoms with van der Waals surface area (Å²) in [6, 6.07) is 0. The van der Waals surface area contributed by atoms with Gasteiger partial charge < -0.3 is 9.84 Å². The molecule has 0 amide bonds. The Hall–Kier alpha value is -0.340. The van der Waals surface area contributed by atoms with Crippen molar-refractivity contribution in [1.82, 2.24) is 0 Å². The summed E-state index contributed by atoms with van der Waals surface area (Å²) in [5, 5.41) is 9.20. The molecule has 0 bridgehead atoms. The quantitative estimate of drug-likeness (QED) is 0.513. The number of ether oxygens (including phenoxy) is 1. The van der Waals surface area contributed by atoms with Crippen LogP contribution in [0.1, 0.15) is 19.3 Å². The Kier molecular flexibility index (Phi) is 2.90. The van der Waals surface area contributed by atoms with E-state index < -0.39 is 0 Å². The number of aliphatic hydroxyl groups excluding tert-OH is 1. The van der Waals surface area contributed by atoms with Crippen molar-refractivity contribution in [2.45, 2.75) is 25.4 Å². The molecule has 1 aliphatic heterocycles. The Balaban J connectivity index is 2.32. The lowest BCUT2D eigenvalue weighted by Gasteiger charge is -2.16. The SMILES string of the molecule is C=C1CCCOC[C@H](O)C1. The minimum absolute atomic E-state index is 0.326. The molecule has 1 saturated heterocycles. The van der Waals surface area contributed by atoms with Crippen molar-refractivity contribution in [3.63, 3.8) is 0 Å². The van der Waals surface area contributed by atoms with Gasteiger partial charge in [-0.25, -0.2) is 0 Å². The summed E-state index contributed by atoms with van der Waals surface area (Å²) in [6.07, 6.45) is 2.43. The first kappa shape index (κ1) is 7.76.